The minimum absolute atomic E-state index is 0.674. The molecule has 1 aliphatic rings. The van der Waals surface area contributed by atoms with Gasteiger partial charge in [0.25, 0.3) is 0 Å². The summed E-state index contributed by atoms with van der Waals surface area (Å²) in [6.45, 7) is 6.18. The summed E-state index contributed by atoms with van der Waals surface area (Å²) in [6.07, 6.45) is 4.20. The van der Waals surface area contributed by atoms with Crippen molar-refractivity contribution in [3.8, 4) is 0 Å². The van der Waals surface area contributed by atoms with Crippen molar-refractivity contribution in [2.45, 2.75) is 26.7 Å². The molecule has 1 aliphatic heterocycles. The zero-order valence-electron chi connectivity index (χ0n) is 7.38. The van der Waals surface area contributed by atoms with E-state index in [1.165, 1.54) is 5.71 Å². The van der Waals surface area contributed by atoms with Crippen molar-refractivity contribution in [2.75, 3.05) is 13.1 Å². The Bertz CT molecular complexity index is 168. The minimum Gasteiger partial charge on any atom is -0.292 e. The number of nitrogens with zero attached hydrogens (tertiary/aromatic N) is 2. The minimum atomic E-state index is 0.674. The lowest BCUT2D eigenvalue weighted by atomic mass is 10.1. The molecule has 1 heterocycles. The Balaban J connectivity index is 2.34. The number of hydrogen-bond donors (Lipinski definition) is 0. The monoisotopic (exact) mass is 152 g/mol. The molecule has 0 aliphatic carbocycles. The highest BCUT2D eigenvalue weighted by molar-refractivity contribution is 5.91. The molecule has 62 valence electrons. The van der Waals surface area contributed by atoms with E-state index >= 15 is 0 Å². The number of aliphatic imine (C=N–C) groups is 2. The molecule has 0 saturated carbocycles. The molecule has 2 heteroatoms. The lowest BCUT2D eigenvalue weighted by Crippen LogP contribution is -2.10. The van der Waals surface area contributed by atoms with Crippen LogP contribution in [0.1, 0.15) is 26.7 Å². The molecule has 1 rings (SSSR count). The van der Waals surface area contributed by atoms with Gasteiger partial charge in [0.05, 0.1) is 6.54 Å². The Morgan fingerprint density at radius 1 is 1.64 bits per heavy atom. The number of hydrogen-bond acceptors (Lipinski definition) is 2. The smallest absolute Gasteiger partial charge is 0.0764 e. The van der Waals surface area contributed by atoms with Crippen molar-refractivity contribution in [1.29, 1.82) is 0 Å². The maximum absolute atomic E-state index is 4.49. The standard InChI is InChI=1S/C9H16N2/c1-8(2)6-11-9-4-3-5-10-7-9/h5,8H,3-4,6-7H2,1-2H3. The van der Waals surface area contributed by atoms with Crippen molar-refractivity contribution < 1.29 is 0 Å². The van der Waals surface area contributed by atoms with E-state index in [2.05, 4.69) is 23.8 Å². The molecule has 0 atom stereocenters. The molecule has 2 nitrogen and oxygen atoms in total. The van der Waals surface area contributed by atoms with E-state index in [9.17, 15) is 0 Å². The summed E-state index contributed by atoms with van der Waals surface area (Å²) in [6, 6.07) is 0. The molecule has 0 spiro atoms. The van der Waals surface area contributed by atoms with Crippen molar-refractivity contribution >= 4 is 11.9 Å². The molecule has 0 fully saturated rings. The topological polar surface area (TPSA) is 24.7 Å². The van der Waals surface area contributed by atoms with E-state index in [0.29, 0.717) is 5.92 Å². The molecule has 11 heavy (non-hydrogen) atoms. The second-order valence-electron chi connectivity index (χ2n) is 3.36. The molecule has 0 radical (unpaired) electrons. The quantitative estimate of drug-likeness (QED) is 0.577. The van der Waals surface area contributed by atoms with Crippen LogP contribution >= 0.6 is 0 Å². The predicted octanol–water partition coefficient (Wildman–Crippen LogP) is 1.95. The first-order valence-corrected chi connectivity index (χ1v) is 4.29. The second kappa shape index (κ2) is 4.27. The van der Waals surface area contributed by atoms with Gasteiger partial charge in [0.15, 0.2) is 0 Å². The Hall–Kier alpha value is -0.660. The van der Waals surface area contributed by atoms with Gasteiger partial charge in [-0.2, -0.15) is 0 Å². The molecular formula is C9H16N2. The van der Waals surface area contributed by atoms with E-state index in [-0.39, 0.29) is 0 Å². The van der Waals surface area contributed by atoms with E-state index in [1.807, 2.05) is 6.21 Å². The zero-order chi connectivity index (χ0) is 8.10. The van der Waals surface area contributed by atoms with E-state index in [0.717, 1.165) is 25.9 Å². The van der Waals surface area contributed by atoms with Crippen molar-refractivity contribution in [2.24, 2.45) is 15.9 Å². The first-order chi connectivity index (χ1) is 5.29. The normalized spacial score (nSPS) is 21.5. The van der Waals surface area contributed by atoms with Gasteiger partial charge >= 0.3 is 0 Å². The van der Waals surface area contributed by atoms with E-state index in [4.69, 9.17) is 0 Å². The van der Waals surface area contributed by atoms with Crippen LogP contribution in [-0.2, 0) is 0 Å². The lowest BCUT2D eigenvalue weighted by molar-refractivity contribution is 0.663. The average molecular weight is 152 g/mol. The van der Waals surface area contributed by atoms with Crippen LogP contribution < -0.4 is 0 Å². The summed E-state index contributed by atoms with van der Waals surface area (Å²) in [5.74, 6) is 0.674. The molecule has 0 aromatic carbocycles. The third kappa shape index (κ3) is 3.30. The first kappa shape index (κ1) is 8.44. The lowest BCUT2D eigenvalue weighted by Gasteiger charge is -2.07. The largest absolute Gasteiger partial charge is 0.292 e. The van der Waals surface area contributed by atoms with Crippen LogP contribution in [0.5, 0.6) is 0 Å². The van der Waals surface area contributed by atoms with E-state index < -0.39 is 0 Å². The van der Waals surface area contributed by atoms with Crippen LogP contribution in [0.15, 0.2) is 9.98 Å². The summed E-state index contributed by atoms with van der Waals surface area (Å²) in [5, 5.41) is 0. The zero-order valence-corrected chi connectivity index (χ0v) is 7.38. The fourth-order valence-corrected chi connectivity index (χ4v) is 1.01. The molecule has 0 aromatic heterocycles. The molecule has 0 saturated heterocycles. The fraction of sp³-hybridized carbons (Fsp3) is 0.778. The summed E-state index contributed by atoms with van der Waals surface area (Å²) in [5.41, 5.74) is 1.28. The van der Waals surface area contributed by atoms with Crippen LogP contribution in [0, 0.1) is 5.92 Å². The van der Waals surface area contributed by atoms with Crippen LogP contribution in [0.4, 0.5) is 0 Å². The molecule has 0 amide bonds. The van der Waals surface area contributed by atoms with Gasteiger partial charge in [0, 0.05) is 12.3 Å². The van der Waals surface area contributed by atoms with Gasteiger partial charge < -0.3 is 0 Å². The third-order valence-electron chi connectivity index (χ3n) is 1.64. The number of rotatable bonds is 2. The molecular weight excluding hydrogens is 136 g/mol. The van der Waals surface area contributed by atoms with Crippen LogP contribution in [0.2, 0.25) is 0 Å². The molecule has 0 bridgehead atoms. The van der Waals surface area contributed by atoms with Crippen LogP contribution in [0.25, 0.3) is 0 Å². The molecule has 0 aromatic rings. The molecule has 0 unspecified atom stereocenters. The predicted molar refractivity (Wildman–Crippen MR) is 49.7 cm³/mol. The Labute approximate surface area is 68.4 Å². The highest BCUT2D eigenvalue weighted by Crippen LogP contribution is 2.01. The SMILES string of the molecule is CC(C)CN=C1CCC=NC1. The highest BCUT2D eigenvalue weighted by Gasteiger charge is 2.01. The van der Waals surface area contributed by atoms with Gasteiger partial charge in [0.2, 0.25) is 0 Å². The first-order valence-electron chi connectivity index (χ1n) is 4.29. The van der Waals surface area contributed by atoms with Gasteiger partial charge in [0.1, 0.15) is 0 Å². The third-order valence-corrected chi connectivity index (χ3v) is 1.64. The van der Waals surface area contributed by atoms with Crippen LogP contribution in [-0.4, -0.2) is 25.0 Å². The Morgan fingerprint density at radius 3 is 3.00 bits per heavy atom. The van der Waals surface area contributed by atoms with Gasteiger partial charge in [-0.3, -0.25) is 9.98 Å². The second-order valence-corrected chi connectivity index (χ2v) is 3.36. The Kier molecular flexibility index (Phi) is 3.27. The van der Waals surface area contributed by atoms with Crippen LogP contribution in [0.3, 0.4) is 0 Å². The van der Waals surface area contributed by atoms with Gasteiger partial charge in [-0.05, 0) is 25.0 Å². The molecule has 0 N–H and O–H groups in total. The van der Waals surface area contributed by atoms with Crippen molar-refractivity contribution in [3.05, 3.63) is 0 Å². The fourth-order valence-electron chi connectivity index (χ4n) is 1.01. The maximum atomic E-state index is 4.49. The van der Waals surface area contributed by atoms with Crippen molar-refractivity contribution in [1.82, 2.24) is 0 Å². The summed E-state index contributed by atoms with van der Waals surface area (Å²) in [4.78, 5) is 8.67. The maximum Gasteiger partial charge on any atom is 0.0764 e. The van der Waals surface area contributed by atoms with Gasteiger partial charge in [-0.25, -0.2) is 0 Å². The van der Waals surface area contributed by atoms with E-state index in [1.54, 1.807) is 0 Å². The highest BCUT2D eigenvalue weighted by atomic mass is 14.8. The average Bonchev–Trinajstić information content (AvgIpc) is 2.03. The summed E-state index contributed by atoms with van der Waals surface area (Å²) >= 11 is 0. The summed E-state index contributed by atoms with van der Waals surface area (Å²) < 4.78 is 0. The van der Waals surface area contributed by atoms with Gasteiger partial charge in [-0.15, -0.1) is 0 Å². The summed E-state index contributed by atoms with van der Waals surface area (Å²) in [7, 11) is 0. The Morgan fingerprint density at radius 2 is 2.45 bits per heavy atom. The van der Waals surface area contributed by atoms with Gasteiger partial charge in [-0.1, -0.05) is 13.8 Å². The van der Waals surface area contributed by atoms with Crippen molar-refractivity contribution in [3.63, 3.8) is 0 Å².